The molecule has 1 heterocycles. The average Bonchev–Trinajstić information content (AvgIpc) is 2.43. The molecule has 2 atom stereocenters. The lowest BCUT2D eigenvalue weighted by molar-refractivity contribution is 0.122. The van der Waals surface area contributed by atoms with Crippen molar-refractivity contribution in [2.24, 2.45) is 5.92 Å². The van der Waals surface area contributed by atoms with Crippen molar-refractivity contribution in [3.8, 4) is 0 Å². The van der Waals surface area contributed by atoms with Gasteiger partial charge in [-0.2, -0.15) is 0 Å². The van der Waals surface area contributed by atoms with Crippen molar-refractivity contribution in [1.82, 2.24) is 10.2 Å². The summed E-state index contributed by atoms with van der Waals surface area (Å²) in [5.41, 5.74) is 2.87. The van der Waals surface area contributed by atoms with Crippen LogP contribution in [0.1, 0.15) is 51.2 Å². The molecular weight excluding hydrogens is 244 g/mol. The van der Waals surface area contributed by atoms with Gasteiger partial charge in [0.25, 0.3) is 0 Å². The van der Waals surface area contributed by atoms with Crippen molar-refractivity contribution in [3.05, 3.63) is 35.4 Å². The van der Waals surface area contributed by atoms with Gasteiger partial charge in [-0.3, -0.25) is 4.90 Å². The lowest BCUT2D eigenvalue weighted by atomic mass is 9.93. The standard InChI is InChI=1S/C18H30N2/c1-4-9-19-13-17-6-5-7-18(12-17)14-20-10-8-15(2)11-16(20)3/h5-7,12,15-16,19H,4,8-11,13-14H2,1-3H3. The van der Waals surface area contributed by atoms with E-state index >= 15 is 0 Å². The van der Waals surface area contributed by atoms with Gasteiger partial charge in [0.2, 0.25) is 0 Å². The molecule has 0 spiro atoms. The van der Waals surface area contributed by atoms with Crippen LogP contribution in [0.25, 0.3) is 0 Å². The molecule has 2 rings (SSSR count). The third kappa shape index (κ3) is 4.60. The molecule has 1 aromatic rings. The SMILES string of the molecule is CCCNCc1cccc(CN2CCC(C)CC2C)c1. The summed E-state index contributed by atoms with van der Waals surface area (Å²) in [6, 6.07) is 9.80. The maximum absolute atomic E-state index is 3.48. The Morgan fingerprint density at radius 2 is 2.05 bits per heavy atom. The van der Waals surface area contributed by atoms with Gasteiger partial charge < -0.3 is 5.32 Å². The zero-order valence-electron chi connectivity index (χ0n) is 13.4. The molecule has 0 radical (unpaired) electrons. The molecule has 0 aliphatic carbocycles. The molecule has 1 fully saturated rings. The van der Waals surface area contributed by atoms with E-state index in [0.29, 0.717) is 0 Å². The average molecular weight is 274 g/mol. The predicted molar refractivity (Wildman–Crippen MR) is 86.7 cm³/mol. The van der Waals surface area contributed by atoms with Crippen LogP contribution < -0.4 is 5.32 Å². The summed E-state index contributed by atoms with van der Waals surface area (Å²) in [7, 11) is 0. The highest BCUT2D eigenvalue weighted by Crippen LogP contribution is 2.23. The van der Waals surface area contributed by atoms with Gasteiger partial charge in [-0.15, -0.1) is 0 Å². The summed E-state index contributed by atoms with van der Waals surface area (Å²) in [6.07, 6.45) is 3.89. The first-order valence-corrected chi connectivity index (χ1v) is 8.21. The monoisotopic (exact) mass is 274 g/mol. The van der Waals surface area contributed by atoms with Crippen molar-refractivity contribution in [2.45, 2.75) is 59.2 Å². The topological polar surface area (TPSA) is 15.3 Å². The minimum Gasteiger partial charge on any atom is -0.313 e. The van der Waals surface area contributed by atoms with Crippen molar-refractivity contribution in [1.29, 1.82) is 0 Å². The largest absolute Gasteiger partial charge is 0.313 e. The number of rotatable bonds is 6. The molecule has 1 N–H and O–H groups in total. The maximum Gasteiger partial charge on any atom is 0.0236 e. The van der Waals surface area contributed by atoms with Gasteiger partial charge in [-0.1, -0.05) is 38.1 Å². The Bertz CT molecular complexity index is 402. The fourth-order valence-electron chi connectivity index (χ4n) is 3.17. The Labute approximate surface area is 124 Å². The van der Waals surface area contributed by atoms with E-state index in [-0.39, 0.29) is 0 Å². The molecule has 2 unspecified atom stereocenters. The van der Waals surface area contributed by atoms with Gasteiger partial charge in [0.1, 0.15) is 0 Å². The number of benzene rings is 1. The molecule has 20 heavy (non-hydrogen) atoms. The van der Waals surface area contributed by atoms with E-state index < -0.39 is 0 Å². The first kappa shape index (κ1) is 15.5. The Morgan fingerprint density at radius 1 is 1.25 bits per heavy atom. The number of hydrogen-bond donors (Lipinski definition) is 1. The molecule has 2 heteroatoms. The van der Waals surface area contributed by atoms with Crippen LogP contribution in [0.4, 0.5) is 0 Å². The first-order valence-electron chi connectivity index (χ1n) is 8.21. The number of piperidine rings is 1. The summed E-state index contributed by atoms with van der Waals surface area (Å²) < 4.78 is 0. The van der Waals surface area contributed by atoms with Crippen LogP contribution in [0.3, 0.4) is 0 Å². The van der Waals surface area contributed by atoms with Crippen LogP contribution in [-0.2, 0) is 13.1 Å². The highest BCUT2D eigenvalue weighted by molar-refractivity contribution is 5.23. The second-order valence-electron chi connectivity index (χ2n) is 6.45. The number of hydrogen-bond acceptors (Lipinski definition) is 2. The maximum atomic E-state index is 3.48. The molecule has 0 bridgehead atoms. The minimum atomic E-state index is 0.723. The summed E-state index contributed by atoms with van der Waals surface area (Å²) in [5.74, 6) is 0.894. The van der Waals surface area contributed by atoms with E-state index in [2.05, 4.69) is 55.3 Å². The van der Waals surface area contributed by atoms with Crippen LogP contribution in [0.15, 0.2) is 24.3 Å². The molecular formula is C18H30N2. The van der Waals surface area contributed by atoms with Crippen molar-refractivity contribution >= 4 is 0 Å². The van der Waals surface area contributed by atoms with E-state index in [4.69, 9.17) is 0 Å². The van der Waals surface area contributed by atoms with E-state index in [9.17, 15) is 0 Å². The second kappa shape index (κ2) is 7.80. The Morgan fingerprint density at radius 3 is 2.80 bits per heavy atom. The highest BCUT2D eigenvalue weighted by Gasteiger charge is 2.22. The van der Waals surface area contributed by atoms with Crippen molar-refractivity contribution in [2.75, 3.05) is 13.1 Å². The normalized spacial score (nSPS) is 23.9. The molecule has 0 saturated carbocycles. The Balaban J connectivity index is 1.90. The molecule has 0 amide bonds. The van der Waals surface area contributed by atoms with Crippen molar-refractivity contribution < 1.29 is 0 Å². The molecule has 1 aromatic carbocycles. The Kier molecular flexibility index (Phi) is 6.06. The van der Waals surface area contributed by atoms with E-state index in [1.165, 1.54) is 36.9 Å². The fourth-order valence-corrected chi connectivity index (χ4v) is 3.17. The van der Waals surface area contributed by atoms with E-state index in [1.54, 1.807) is 0 Å². The third-order valence-corrected chi connectivity index (χ3v) is 4.41. The second-order valence-corrected chi connectivity index (χ2v) is 6.45. The van der Waals surface area contributed by atoms with Crippen molar-refractivity contribution in [3.63, 3.8) is 0 Å². The van der Waals surface area contributed by atoms with Gasteiger partial charge >= 0.3 is 0 Å². The molecule has 0 aromatic heterocycles. The smallest absolute Gasteiger partial charge is 0.0236 e. The molecule has 2 nitrogen and oxygen atoms in total. The first-order chi connectivity index (χ1) is 9.69. The fraction of sp³-hybridized carbons (Fsp3) is 0.667. The van der Waals surface area contributed by atoms with Crippen LogP contribution in [0.2, 0.25) is 0 Å². The van der Waals surface area contributed by atoms with Crippen LogP contribution in [-0.4, -0.2) is 24.0 Å². The summed E-state index contributed by atoms with van der Waals surface area (Å²) in [5, 5.41) is 3.48. The predicted octanol–water partition coefficient (Wildman–Crippen LogP) is 3.81. The van der Waals surface area contributed by atoms with Gasteiger partial charge in [-0.05, 0) is 56.3 Å². The number of nitrogens with zero attached hydrogens (tertiary/aromatic N) is 1. The van der Waals surface area contributed by atoms with Gasteiger partial charge in [0, 0.05) is 19.1 Å². The molecule has 1 aliphatic rings. The number of nitrogens with one attached hydrogen (secondary N) is 1. The molecule has 1 saturated heterocycles. The van der Waals surface area contributed by atoms with Gasteiger partial charge in [0.15, 0.2) is 0 Å². The zero-order chi connectivity index (χ0) is 14.4. The Hall–Kier alpha value is -0.860. The highest BCUT2D eigenvalue weighted by atomic mass is 15.2. The zero-order valence-corrected chi connectivity index (χ0v) is 13.4. The summed E-state index contributed by atoms with van der Waals surface area (Å²) in [4.78, 5) is 2.64. The third-order valence-electron chi connectivity index (χ3n) is 4.41. The quantitative estimate of drug-likeness (QED) is 0.794. The molecule has 1 aliphatic heterocycles. The summed E-state index contributed by atoms with van der Waals surface area (Å²) >= 11 is 0. The van der Waals surface area contributed by atoms with E-state index in [0.717, 1.165) is 31.6 Å². The molecule has 112 valence electrons. The number of likely N-dealkylation sites (tertiary alicyclic amines) is 1. The van der Waals surface area contributed by atoms with E-state index in [1.807, 2.05) is 0 Å². The lowest BCUT2D eigenvalue weighted by Crippen LogP contribution is -2.39. The van der Waals surface area contributed by atoms with Crippen LogP contribution in [0.5, 0.6) is 0 Å². The van der Waals surface area contributed by atoms with Crippen LogP contribution in [0, 0.1) is 5.92 Å². The lowest BCUT2D eigenvalue weighted by Gasteiger charge is -2.36. The van der Waals surface area contributed by atoms with Gasteiger partial charge in [0.05, 0.1) is 0 Å². The summed E-state index contributed by atoms with van der Waals surface area (Å²) in [6.45, 7) is 11.4. The van der Waals surface area contributed by atoms with Crippen LogP contribution >= 0.6 is 0 Å². The minimum absolute atomic E-state index is 0.723. The van der Waals surface area contributed by atoms with Gasteiger partial charge in [-0.25, -0.2) is 0 Å².